The maximum absolute atomic E-state index is 11.8. The number of hydrogen-bond acceptors (Lipinski definition) is 1. The predicted octanol–water partition coefficient (Wildman–Crippen LogP) is 5.33. The van der Waals surface area contributed by atoms with Gasteiger partial charge in [-0.25, -0.2) is 0 Å². The average Bonchev–Trinajstić information content (AvgIpc) is 2.79. The van der Waals surface area contributed by atoms with E-state index in [9.17, 15) is 5.11 Å². The van der Waals surface area contributed by atoms with Crippen LogP contribution in [-0.4, -0.2) is 13.2 Å². The first-order valence-electron chi connectivity index (χ1n) is 8.41. The van der Waals surface area contributed by atoms with Crippen molar-refractivity contribution in [2.75, 3.05) is 0 Å². The van der Waals surface area contributed by atoms with Gasteiger partial charge in [-0.2, -0.15) is 0 Å². The zero-order valence-corrected chi connectivity index (χ0v) is 15.7. The van der Waals surface area contributed by atoms with Crippen LogP contribution in [0.3, 0.4) is 0 Å². The zero-order chi connectivity index (χ0) is 16.8. The molecule has 1 nitrogen and oxygen atoms in total. The van der Waals surface area contributed by atoms with E-state index in [2.05, 4.69) is 76.0 Å². The highest BCUT2D eigenvalue weighted by atomic mass is 28.3. The van der Waals surface area contributed by atoms with E-state index in [4.69, 9.17) is 0 Å². The summed E-state index contributed by atoms with van der Waals surface area (Å²) in [6.07, 6.45) is 0. The summed E-state index contributed by atoms with van der Waals surface area (Å²) >= 11 is 0. The summed E-state index contributed by atoms with van der Waals surface area (Å²) < 4.78 is 0. The second-order valence-corrected chi connectivity index (χ2v) is 12.8. The van der Waals surface area contributed by atoms with E-state index in [1.807, 2.05) is 12.1 Å². The Morgan fingerprint density at radius 3 is 2.00 bits per heavy atom. The highest BCUT2D eigenvalue weighted by Crippen LogP contribution is 2.55. The molecule has 3 rings (SSSR count). The van der Waals surface area contributed by atoms with Crippen molar-refractivity contribution in [1.29, 1.82) is 0 Å². The SMILES string of the molecule is CC(C)C1(O)C(c2ccccc2)=C([Si](C)(C)C)c2ccccc21. The molecule has 0 heterocycles. The van der Waals surface area contributed by atoms with Crippen molar-refractivity contribution in [3.8, 4) is 0 Å². The standard InChI is InChI=1S/C21H26OSi/c1-15(2)21(22)18-14-10-9-13-17(18)20(23(3,4)5)19(21)16-11-7-6-8-12-16/h6-15,22H,1-5H3. The molecule has 0 aliphatic heterocycles. The van der Waals surface area contributed by atoms with Crippen LogP contribution in [0, 0.1) is 5.92 Å². The van der Waals surface area contributed by atoms with E-state index in [1.165, 1.54) is 10.8 Å². The highest BCUT2D eigenvalue weighted by molar-refractivity contribution is 6.95. The van der Waals surface area contributed by atoms with Crippen molar-refractivity contribution in [1.82, 2.24) is 0 Å². The number of hydrogen-bond donors (Lipinski definition) is 1. The fourth-order valence-corrected chi connectivity index (χ4v) is 5.95. The van der Waals surface area contributed by atoms with Crippen LogP contribution in [-0.2, 0) is 5.60 Å². The van der Waals surface area contributed by atoms with E-state index in [-0.39, 0.29) is 5.92 Å². The molecule has 1 unspecified atom stereocenters. The van der Waals surface area contributed by atoms with Crippen molar-refractivity contribution in [2.24, 2.45) is 5.92 Å². The number of benzene rings is 2. The highest BCUT2D eigenvalue weighted by Gasteiger charge is 2.48. The third-order valence-corrected chi connectivity index (χ3v) is 6.91. The molecule has 1 aliphatic carbocycles. The van der Waals surface area contributed by atoms with Crippen LogP contribution in [0.1, 0.15) is 30.5 Å². The van der Waals surface area contributed by atoms with Crippen molar-refractivity contribution >= 4 is 18.8 Å². The summed E-state index contributed by atoms with van der Waals surface area (Å²) in [5, 5.41) is 13.2. The first-order chi connectivity index (χ1) is 10.8. The first-order valence-corrected chi connectivity index (χ1v) is 11.9. The van der Waals surface area contributed by atoms with E-state index >= 15 is 0 Å². The van der Waals surface area contributed by atoms with Gasteiger partial charge >= 0.3 is 0 Å². The lowest BCUT2D eigenvalue weighted by Crippen LogP contribution is -2.32. The summed E-state index contributed by atoms with van der Waals surface area (Å²) in [6.45, 7) is 11.3. The molecule has 0 saturated heterocycles. The molecule has 0 radical (unpaired) electrons. The summed E-state index contributed by atoms with van der Waals surface area (Å²) in [7, 11) is -1.64. The molecule has 0 aromatic heterocycles. The lowest BCUT2D eigenvalue weighted by molar-refractivity contribution is 0.0535. The van der Waals surface area contributed by atoms with Crippen LogP contribution >= 0.6 is 0 Å². The molecule has 1 N–H and O–H groups in total. The Balaban J connectivity index is 2.42. The number of rotatable bonds is 3. The van der Waals surface area contributed by atoms with Gasteiger partial charge in [-0.1, -0.05) is 88.1 Å². The van der Waals surface area contributed by atoms with Crippen LogP contribution < -0.4 is 0 Å². The number of aliphatic hydroxyl groups is 1. The second kappa shape index (κ2) is 5.47. The fourth-order valence-electron chi connectivity index (χ4n) is 3.84. The van der Waals surface area contributed by atoms with Gasteiger partial charge in [0, 0.05) is 0 Å². The normalized spacial score (nSPS) is 21.0. The monoisotopic (exact) mass is 322 g/mol. The lowest BCUT2D eigenvalue weighted by atomic mass is 9.78. The molecule has 2 aromatic rings. The van der Waals surface area contributed by atoms with Gasteiger partial charge in [0.25, 0.3) is 0 Å². The van der Waals surface area contributed by atoms with Crippen molar-refractivity contribution in [2.45, 2.75) is 39.1 Å². The van der Waals surface area contributed by atoms with Crippen LogP contribution in [0.15, 0.2) is 54.6 Å². The van der Waals surface area contributed by atoms with Gasteiger partial charge in [0.2, 0.25) is 0 Å². The van der Waals surface area contributed by atoms with Gasteiger partial charge in [-0.15, -0.1) is 0 Å². The Hall–Kier alpha value is -1.64. The summed E-state index contributed by atoms with van der Waals surface area (Å²) in [5.74, 6) is 0.118. The van der Waals surface area contributed by atoms with Gasteiger partial charge in [-0.05, 0) is 33.4 Å². The first kappa shape index (κ1) is 16.2. The Morgan fingerprint density at radius 2 is 1.43 bits per heavy atom. The third-order valence-electron chi connectivity index (χ3n) is 4.89. The molecule has 0 spiro atoms. The lowest BCUT2D eigenvalue weighted by Gasteiger charge is -2.33. The second-order valence-electron chi connectivity index (χ2n) is 7.83. The largest absolute Gasteiger partial charge is 0.380 e. The molecule has 23 heavy (non-hydrogen) atoms. The van der Waals surface area contributed by atoms with E-state index in [0.29, 0.717) is 0 Å². The Bertz CT molecular complexity index is 753. The third kappa shape index (κ3) is 2.41. The van der Waals surface area contributed by atoms with Crippen molar-refractivity contribution in [3.63, 3.8) is 0 Å². The Morgan fingerprint density at radius 1 is 0.870 bits per heavy atom. The van der Waals surface area contributed by atoms with E-state index < -0.39 is 13.7 Å². The summed E-state index contributed by atoms with van der Waals surface area (Å²) in [4.78, 5) is 0. The minimum absolute atomic E-state index is 0.118. The van der Waals surface area contributed by atoms with Crippen LogP contribution in [0.4, 0.5) is 0 Å². The van der Waals surface area contributed by atoms with Crippen LogP contribution in [0.2, 0.25) is 19.6 Å². The molecule has 2 heteroatoms. The number of fused-ring (bicyclic) bond motifs is 1. The average molecular weight is 323 g/mol. The summed E-state index contributed by atoms with van der Waals surface area (Å²) in [5.41, 5.74) is 3.70. The minimum Gasteiger partial charge on any atom is -0.380 e. The van der Waals surface area contributed by atoms with Crippen molar-refractivity contribution in [3.05, 3.63) is 71.3 Å². The molecule has 2 aromatic carbocycles. The maximum Gasteiger partial charge on any atom is 0.118 e. The van der Waals surface area contributed by atoms with Gasteiger partial charge in [0.05, 0.1) is 8.07 Å². The molecule has 0 saturated carbocycles. The van der Waals surface area contributed by atoms with Crippen LogP contribution in [0.25, 0.3) is 10.8 Å². The zero-order valence-electron chi connectivity index (χ0n) is 14.7. The molecule has 120 valence electrons. The van der Waals surface area contributed by atoms with E-state index in [0.717, 1.165) is 16.7 Å². The van der Waals surface area contributed by atoms with Crippen molar-refractivity contribution < 1.29 is 5.11 Å². The molecule has 0 bridgehead atoms. The quantitative estimate of drug-likeness (QED) is 0.757. The smallest absolute Gasteiger partial charge is 0.118 e. The molecule has 1 aliphatic rings. The Kier molecular flexibility index (Phi) is 3.86. The molecular weight excluding hydrogens is 296 g/mol. The Labute approximate surface area is 140 Å². The topological polar surface area (TPSA) is 20.2 Å². The molecule has 0 fully saturated rings. The fraction of sp³-hybridized carbons (Fsp3) is 0.333. The minimum atomic E-state index is -1.64. The summed E-state index contributed by atoms with van der Waals surface area (Å²) in [6, 6.07) is 18.9. The van der Waals surface area contributed by atoms with E-state index in [1.54, 1.807) is 0 Å². The van der Waals surface area contributed by atoms with Crippen LogP contribution in [0.5, 0.6) is 0 Å². The predicted molar refractivity (Wildman–Crippen MR) is 102 cm³/mol. The molecular formula is C21H26OSi. The van der Waals surface area contributed by atoms with Gasteiger partial charge < -0.3 is 5.11 Å². The van der Waals surface area contributed by atoms with Gasteiger partial charge in [0.15, 0.2) is 0 Å². The van der Waals surface area contributed by atoms with Gasteiger partial charge in [-0.3, -0.25) is 0 Å². The van der Waals surface area contributed by atoms with Gasteiger partial charge in [0.1, 0.15) is 5.60 Å². The molecule has 1 atom stereocenters. The maximum atomic E-state index is 11.8. The molecule has 0 amide bonds.